The normalized spacial score (nSPS) is 16.3. The molecule has 1 fully saturated rings. The number of carbonyl (C=O) groups excluding carboxylic acids is 1. The van der Waals surface area contributed by atoms with E-state index in [1.165, 1.54) is 0 Å². The number of pyridine rings is 2. The highest BCUT2D eigenvalue weighted by Gasteiger charge is 2.21. The number of ether oxygens (including phenoxy) is 1. The zero-order valence-corrected chi connectivity index (χ0v) is 24.7. The van der Waals surface area contributed by atoms with Crippen LogP contribution in [0.2, 0.25) is 0 Å². The average molecular weight is 567 g/mol. The van der Waals surface area contributed by atoms with Crippen LogP contribution in [0.1, 0.15) is 41.4 Å². The van der Waals surface area contributed by atoms with Gasteiger partial charge in [0.15, 0.2) is 0 Å². The van der Waals surface area contributed by atoms with Crippen molar-refractivity contribution < 1.29 is 9.53 Å². The third-order valence-electron chi connectivity index (χ3n) is 8.18. The molecule has 0 saturated carbocycles. The Morgan fingerprint density at radius 1 is 1.12 bits per heavy atom. The van der Waals surface area contributed by atoms with Gasteiger partial charge in [0.1, 0.15) is 23.7 Å². The van der Waals surface area contributed by atoms with Gasteiger partial charge in [-0.15, -0.1) is 0 Å². The van der Waals surface area contributed by atoms with Crippen LogP contribution >= 0.6 is 0 Å². The molecule has 0 bridgehead atoms. The molecule has 10 nitrogen and oxygen atoms in total. The lowest BCUT2D eigenvalue weighted by molar-refractivity contribution is 0.0928. The lowest BCUT2D eigenvalue weighted by Gasteiger charge is -2.37. The Bertz CT molecular complexity index is 1720. The van der Waals surface area contributed by atoms with E-state index in [0.717, 1.165) is 66.3 Å². The SMILES string of the molecule is CCc1cccc(Cn2nc(C)c3c(NC(=O)c4cnc5cc(OCCN6CCN(C)C(C)C6)ccn45)cccc32)n1. The molecule has 1 unspecified atom stereocenters. The van der Waals surface area contributed by atoms with Crippen LogP contribution in [0.15, 0.2) is 60.9 Å². The molecule has 1 aliphatic rings. The van der Waals surface area contributed by atoms with Crippen LogP contribution in [0.25, 0.3) is 16.6 Å². The molecule has 5 heterocycles. The summed E-state index contributed by atoms with van der Waals surface area (Å²) in [5.74, 6) is 0.506. The number of piperazine rings is 1. The molecule has 1 amide bonds. The Labute approximate surface area is 245 Å². The third kappa shape index (κ3) is 5.73. The van der Waals surface area contributed by atoms with Crippen LogP contribution in [0.3, 0.4) is 0 Å². The molecule has 1 saturated heterocycles. The van der Waals surface area contributed by atoms with Crippen LogP contribution in [0, 0.1) is 6.92 Å². The molecule has 1 atom stereocenters. The van der Waals surface area contributed by atoms with Gasteiger partial charge in [0.05, 0.1) is 35.3 Å². The van der Waals surface area contributed by atoms with E-state index in [1.54, 1.807) is 10.6 Å². The van der Waals surface area contributed by atoms with Crippen molar-refractivity contribution in [2.75, 3.05) is 45.2 Å². The zero-order valence-electron chi connectivity index (χ0n) is 24.7. The van der Waals surface area contributed by atoms with Crippen molar-refractivity contribution in [3.8, 4) is 5.75 Å². The molecule has 0 spiro atoms. The maximum atomic E-state index is 13.4. The van der Waals surface area contributed by atoms with Gasteiger partial charge in [-0.05, 0) is 57.6 Å². The standard InChI is InChI=1S/C32H38N8O2/c1-5-24-8-6-9-25(34-24)21-40-28-11-7-10-27(31(28)23(3)36-40)35-32(41)29-19-33-30-18-26(12-13-39(29)30)42-17-16-38-15-14-37(4)22(2)20-38/h6-13,18-19,22H,5,14-17,20-21H2,1-4H3,(H,35,41). The maximum Gasteiger partial charge on any atom is 0.274 e. The third-order valence-corrected chi connectivity index (χ3v) is 8.18. The largest absolute Gasteiger partial charge is 0.492 e. The number of rotatable bonds is 9. The van der Waals surface area contributed by atoms with Crippen LogP contribution in [0.5, 0.6) is 5.75 Å². The number of nitrogens with zero attached hydrogens (tertiary/aromatic N) is 7. The zero-order chi connectivity index (χ0) is 29.2. The number of carbonyl (C=O) groups is 1. The van der Waals surface area contributed by atoms with Crippen LogP contribution in [-0.4, -0.2) is 85.7 Å². The van der Waals surface area contributed by atoms with Gasteiger partial charge in [-0.3, -0.25) is 23.8 Å². The minimum atomic E-state index is -0.239. The maximum absolute atomic E-state index is 13.4. The molecule has 0 radical (unpaired) electrons. The number of amides is 1. The van der Waals surface area contributed by atoms with Crippen LogP contribution in [-0.2, 0) is 13.0 Å². The van der Waals surface area contributed by atoms with E-state index >= 15 is 0 Å². The Kier molecular flexibility index (Phi) is 7.90. The van der Waals surface area contributed by atoms with Crippen molar-refractivity contribution in [2.24, 2.45) is 0 Å². The summed E-state index contributed by atoms with van der Waals surface area (Å²) in [6.45, 7) is 11.6. The number of hydrogen-bond acceptors (Lipinski definition) is 7. The minimum absolute atomic E-state index is 0.239. The first-order valence-corrected chi connectivity index (χ1v) is 14.6. The van der Waals surface area contributed by atoms with Crippen LogP contribution < -0.4 is 10.1 Å². The number of anilines is 1. The average Bonchev–Trinajstić information content (AvgIpc) is 3.56. The number of imidazole rings is 1. The van der Waals surface area contributed by atoms with Crippen molar-refractivity contribution in [1.29, 1.82) is 0 Å². The van der Waals surface area contributed by atoms with Gasteiger partial charge < -0.3 is 15.0 Å². The van der Waals surface area contributed by atoms with E-state index in [1.807, 2.05) is 66.3 Å². The molecule has 1 aliphatic heterocycles. The highest BCUT2D eigenvalue weighted by atomic mass is 16.5. The highest BCUT2D eigenvalue weighted by molar-refractivity contribution is 6.08. The van der Waals surface area contributed by atoms with Crippen LogP contribution in [0.4, 0.5) is 5.69 Å². The molecule has 4 aromatic heterocycles. The van der Waals surface area contributed by atoms with E-state index in [-0.39, 0.29) is 5.91 Å². The Balaban J connectivity index is 1.15. The fourth-order valence-electron chi connectivity index (χ4n) is 5.64. The molecule has 6 rings (SSSR count). The number of fused-ring (bicyclic) bond motifs is 2. The van der Waals surface area contributed by atoms with Gasteiger partial charge in [0, 0.05) is 55.6 Å². The minimum Gasteiger partial charge on any atom is -0.492 e. The topological polar surface area (TPSA) is 92.8 Å². The number of nitrogens with one attached hydrogen (secondary N) is 1. The molecule has 10 heteroatoms. The second kappa shape index (κ2) is 11.9. The fourth-order valence-corrected chi connectivity index (χ4v) is 5.64. The summed E-state index contributed by atoms with van der Waals surface area (Å²) >= 11 is 0. The van der Waals surface area contributed by atoms with E-state index in [0.29, 0.717) is 36.2 Å². The quantitative estimate of drug-likeness (QED) is 0.285. The summed E-state index contributed by atoms with van der Waals surface area (Å²) < 4.78 is 9.77. The first kappa shape index (κ1) is 27.9. The predicted molar refractivity (Wildman–Crippen MR) is 164 cm³/mol. The number of benzene rings is 1. The predicted octanol–water partition coefficient (Wildman–Crippen LogP) is 4.27. The Morgan fingerprint density at radius 2 is 1.95 bits per heavy atom. The van der Waals surface area contributed by atoms with Gasteiger partial charge >= 0.3 is 0 Å². The smallest absolute Gasteiger partial charge is 0.274 e. The van der Waals surface area contributed by atoms with E-state index in [9.17, 15) is 4.79 Å². The van der Waals surface area contributed by atoms with Gasteiger partial charge in [-0.25, -0.2) is 4.98 Å². The summed E-state index contributed by atoms with van der Waals surface area (Å²) in [5.41, 5.74) is 5.63. The molecular weight excluding hydrogens is 528 g/mol. The summed E-state index contributed by atoms with van der Waals surface area (Å²) in [5, 5.41) is 8.79. The van der Waals surface area contributed by atoms with Gasteiger partial charge in [-0.2, -0.15) is 5.10 Å². The first-order chi connectivity index (χ1) is 20.4. The monoisotopic (exact) mass is 566 g/mol. The second-order valence-corrected chi connectivity index (χ2v) is 11.1. The molecule has 1 aromatic carbocycles. The van der Waals surface area contributed by atoms with Crippen molar-refractivity contribution in [2.45, 2.75) is 39.8 Å². The fraction of sp³-hybridized carbons (Fsp3) is 0.375. The lowest BCUT2D eigenvalue weighted by atomic mass is 10.1. The molecule has 1 N–H and O–H groups in total. The van der Waals surface area contributed by atoms with E-state index < -0.39 is 0 Å². The summed E-state index contributed by atoms with van der Waals surface area (Å²) in [6, 6.07) is 16.3. The summed E-state index contributed by atoms with van der Waals surface area (Å²) in [7, 11) is 2.18. The molecule has 42 heavy (non-hydrogen) atoms. The number of hydrogen-bond donors (Lipinski definition) is 1. The second-order valence-electron chi connectivity index (χ2n) is 11.1. The molecular formula is C32H38N8O2. The highest BCUT2D eigenvalue weighted by Crippen LogP contribution is 2.28. The first-order valence-electron chi connectivity index (χ1n) is 14.6. The summed E-state index contributed by atoms with van der Waals surface area (Å²) in [6.07, 6.45) is 4.32. The summed E-state index contributed by atoms with van der Waals surface area (Å²) in [4.78, 5) is 27.5. The molecule has 5 aromatic rings. The molecule has 218 valence electrons. The van der Waals surface area contributed by atoms with E-state index in [4.69, 9.17) is 14.8 Å². The Morgan fingerprint density at radius 3 is 2.79 bits per heavy atom. The van der Waals surface area contributed by atoms with Crippen molar-refractivity contribution in [1.82, 2.24) is 33.9 Å². The van der Waals surface area contributed by atoms with E-state index in [2.05, 4.69) is 41.0 Å². The van der Waals surface area contributed by atoms with Gasteiger partial charge in [0.25, 0.3) is 5.91 Å². The number of aromatic nitrogens is 5. The van der Waals surface area contributed by atoms with Gasteiger partial charge in [-0.1, -0.05) is 19.1 Å². The number of likely N-dealkylation sites (N-methyl/N-ethyl adjacent to an activating group) is 1. The van der Waals surface area contributed by atoms with Crippen molar-refractivity contribution >= 4 is 28.1 Å². The molecule has 0 aliphatic carbocycles. The van der Waals surface area contributed by atoms with Gasteiger partial charge in [0.2, 0.25) is 0 Å². The van der Waals surface area contributed by atoms with Crippen molar-refractivity contribution in [3.63, 3.8) is 0 Å². The lowest BCUT2D eigenvalue weighted by Crippen LogP contribution is -2.50. The van der Waals surface area contributed by atoms with Crippen molar-refractivity contribution in [3.05, 3.63) is 83.7 Å². The number of aryl methyl sites for hydroxylation is 2. The Hall–Kier alpha value is -4.28.